The second-order valence-corrected chi connectivity index (χ2v) is 10.2. The Kier molecular flexibility index (Phi) is 7.08. The zero-order chi connectivity index (χ0) is 22.0. The van der Waals surface area contributed by atoms with E-state index in [-0.39, 0.29) is 5.91 Å². The molecular weight excluding hydrogens is 451 g/mol. The number of halogens is 2. The highest BCUT2D eigenvalue weighted by Gasteiger charge is 2.26. The van der Waals surface area contributed by atoms with Crippen molar-refractivity contribution < 1.29 is 4.79 Å². The first kappa shape index (κ1) is 22.4. The summed E-state index contributed by atoms with van der Waals surface area (Å²) in [5, 5.41) is 14.5. The molecule has 1 saturated heterocycles. The first-order chi connectivity index (χ1) is 15.0. The van der Waals surface area contributed by atoms with Crippen LogP contribution in [0.15, 0.2) is 18.2 Å². The molecule has 2 aliphatic rings. The molecule has 8 heteroatoms. The number of hydrogen-bond acceptors (Lipinski definition) is 5. The number of fused-ring (bicyclic) bond motifs is 1. The molecule has 1 aliphatic carbocycles. The number of hydrogen-bond donors (Lipinski definition) is 1. The molecule has 0 spiro atoms. The molecule has 4 rings (SSSR count). The van der Waals surface area contributed by atoms with Crippen molar-refractivity contribution in [1.82, 2.24) is 4.90 Å². The Labute approximate surface area is 197 Å². The molecule has 1 amide bonds. The van der Waals surface area contributed by atoms with Gasteiger partial charge in [-0.3, -0.25) is 9.69 Å². The van der Waals surface area contributed by atoms with E-state index in [1.54, 1.807) is 11.3 Å². The Hall–Kier alpha value is -1.78. The Morgan fingerprint density at radius 2 is 2.03 bits per heavy atom. The number of rotatable bonds is 5. The number of nitriles is 1. The first-order valence-electron chi connectivity index (χ1n) is 10.7. The van der Waals surface area contributed by atoms with Crippen LogP contribution in [0.3, 0.4) is 0 Å². The van der Waals surface area contributed by atoms with Crippen LogP contribution in [0.4, 0.5) is 10.7 Å². The van der Waals surface area contributed by atoms with E-state index in [1.165, 1.54) is 4.88 Å². The van der Waals surface area contributed by atoms with Gasteiger partial charge in [0, 0.05) is 36.7 Å². The van der Waals surface area contributed by atoms with E-state index in [0.717, 1.165) is 68.1 Å². The van der Waals surface area contributed by atoms with Gasteiger partial charge in [-0.05, 0) is 48.9 Å². The molecule has 0 saturated carbocycles. The van der Waals surface area contributed by atoms with Crippen LogP contribution in [0.2, 0.25) is 10.0 Å². The third-order valence-corrected chi connectivity index (χ3v) is 8.23. The topological polar surface area (TPSA) is 59.4 Å². The molecule has 1 aromatic heterocycles. The lowest BCUT2D eigenvalue weighted by Crippen LogP contribution is -2.48. The van der Waals surface area contributed by atoms with Crippen molar-refractivity contribution >= 4 is 51.1 Å². The molecule has 31 heavy (non-hydrogen) atoms. The van der Waals surface area contributed by atoms with E-state index < -0.39 is 0 Å². The lowest BCUT2D eigenvalue weighted by Gasteiger charge is -2.35. The summed E-state index contributed by atoms with van der Waals surface area (Å²) < 4.78 is 0. The molecule has 1 aromatic carbocycles. The number of piperazine rings is 1. The lowest BCUT2D eigenvalue weighted by molar-refractivity contribution is -0.117. The van der Waals surface area contributed by atoms with Gasteiger partial charge < -0.3 is 10.2 Å². The highest BCUT2D eigenvalue weighted by molar-refractivity contribution is 7.16. The smallest absolute Gasteiger partial charge is 0.239 e. The molecule has 5 nitrogen and oxygen atoms in total. The number of benzene rings is 1. The number of anilines is 2. The monoisotopic (exact) mass is 476 g/mol. The summed E-state index contributed by atoms with van der Waals surface area (Å²) in [6.07, 6.45) is 4.26. The summed E-state index contributed by atoms with van der Waals surface area (Å²) in [6, 6.07) is 8.01. The molecular formula is C23H26Cl2N4OS. The van der Waals surface area contributed by atoms with Crippen LogP contribution in [0.25, 0.3) is 0 Å². The van der Waals surface area contributed by atoms with Crippen LogP contribution in [-0.2, 0) is 17.6 Å². The zero-order valence-electron chi connectivity index (χ0n) is 17.6. The van der Waals surface area contributed by atoms with Crippen molar-refractivity contribution in [3.63, 3.8) is 0 Å². The molecule has 1 unspecified atom stereocenters. The van der Waals surface area contributed by atoms with Gasteiger partial charge in [-0.25, -0.2) is 0 Å². The summed E-state index contributed by atoms with van der Waals surface area (Å²) in [4.78, 5) is 18.4. The van der Waals surface area contributed by atoms with E-state index >= 15 is 0 Å². The molecule has 164 valence electrons. The van der Waals surface area contributed by atoms with Crippen LogP contribution in [0, 0.1) is 17.2 Å². The SMILES string of the molecule is CCC1CCc2c(sc(NC(=O)CN3CCN(c4ccc(Cl)c(Cl)c4)CC3)c2C#N)C1. The van der Waals surface area contributed by atoms with Gasteiger partial charge in [-0.15, -0.1) is 11.3 Å². The third kappa shape index (κ3) is 5.01. The van der Waals surface area contributed by atoms with Crippen LogP contribution in [0.1, 0.15) is 35.8 Å². The predicted octanol–water partition coefficient (Wildman–Crippen LogP) is 5.20. The van der Waals surface area contributed by atoms with Crippen molar-refractivity contribution in [2.45, 2.75) is 32.6 Å². The van der Waals surface area contributed by atoms with Crippen molar-refractivity contribution in [3.8, 4) is 6.07 Å². The third-order valence-electron chi connectivity index (χ3n) is 6.32. The van der Waals surface area contributed by atoms with Gasteiger partial charge in [0.15, 0.2) is 0 Å². The molecule has 2 aromatic rings. The summed E-state index contributed by atoms with van der Waals surface area (Å²) in [6.45, 7) is 5.77. The largest absolute Gasteiger partial charge is 0.369 e. The predicted molar refractivity (Wildman–Crippen MR) is 129 cm³/mol. The molecule has 1 N–H and O–H groups in total. The molecule has 1 atom stereocenters. The standard InChI is InChI=1S/C23H26Cl2N4OS/c1-2-15-3-5-17-18(13-26)23(31-21(17)11-15)27-22(30)14-28-7-9-29(10-8-28)16-4-6-19(24)20(25)12-16/h4,6,12,15H,2-3,5,7-11,14H2,1H3,(H,27,30). The normalized spacial score (nSPS) is 19.0. The fourth-order valence-electron chi connectivity index (χ4n) is 4.42. The fraction of sp³-hybridized carbons (Fsp3) is 0.478. The minimum Gasteiger partial charge on any atom is -0.369 e. The van der Waals surface area contributed by atoms with Gasteiger partial charge in [0.1, 0.15) is 11.1 Å². The Bertz CT molecular complexity index is 1010. The highest BCUT2D eigenvalue weighted by atomic mass is 35.5. The first-order valence-corrected chi connectivity index (χ1v) is 12.3. The zero-order valence-corrected chi connectivity index (χ0v) is 19.9. The number of thiophene rings is 1. The van der Waals surface area contributed by atoms with Gasteiger partial charge in [-0.1, -0.05) is 36.5 Å². The molecule has 1 aliphatic heterocycles. The van der Waals surface area contributed by atoms with Crippen molar-refractivity contribution in [2.24, 2.45) is 5.92 Å². The van der Waals surface area contributed by atoms with Crippen LogP contribution >= 0.6 is 34.5 Å². The summed E-state index contributed by atoms with van der Waals surface area (Å²) >= 11 is 13.7. The number of nitrogens with one attached hydrogen (secondary N) is 1. The van der Waals surface area contributed by atoms with Gasteiger partial charge >= 0.3 is 0 Å². The second-order valence-electron chi connectivity index (χ2n) is 8.25. The molecule has 2 heterocycles. The number of amides is 1. The van der Waals surface area contributed by atoms with E-state index in [0.29, 0.717) is 28.1 Å². The van der Waals surface area contributed by atoms with Crippen molar-refractivity contribution in [1.29, 1.82) is 5.26 Å². The summed E-state index contributed by atoms with van der Waals surface area (Å²) in [5.41, 5.74) is 2.88. The number of nitrogens with zero attached hydrogens (tertiary/aromatic N) is 3. The highest BCUT2D eigenvalue weighted by Crippen LogP contribution is 2.40. The maximum Gasteiger partial charge on any atom is 0.239 e. The Balaban J connectivity index is 1.33. The molecule has 0 bridgehead atoms. The number of carbonyl (C=O) groups is 1. The van der Waals surface area contributed by atoms with E-state index in [9.17, 15) is 10.1 Å². The van der Waals surface area contributed by atoms with Crippen LogP contribution < -0.4 is 10.2 Å². The van der Waals surface area contributed by atoms with Crippen molar-refractivity contribution in [2.75, 3.05) is 42.9 Å². The Morgan fingerprint density at radius 3 is 2.71 bits per heavy atom. The molecule has 1 fully saturated rings. The quantitative estimate of drug-likeness (QED) is 0.643. The van der Waals surface area contributed by atoms with E-state index in [1.807, 2.05) is 18.2 Å². The summed E-state index contributed by atoms with van der Waals surface area (Å²) in [7, 11) is 0. The average molecular weight is 477 g/mol. The maximum atomic E-state index is 12.7. The second kappa shape index (κ2) is 9.79. The van der Waals surface area contributed by atoms with Crippen LogP contribution in [0.5, 0.6) is 0 Å². The van der Waals surface area contributed by atoms with E-state index in [4.69, 9.17) is 23.2 Å². The number of carbonyl (C=O) groups excluding carboxylic acids is 1. The van der Waals surface area contributed by atoms with Gasteiger partial charge in [-0.2, -0.15) is 5.26 Å². The minimum atomic E-state index is -0.0508. The van der Waals surface area contributed by atoms with Crippen LogP contribution in [-0.4, -0.2) is 43.5 Å². The minimum absolute atomic E-state index is 0.0508. The van der Waals surface area contributed by atoms with Gasteiger partial charge in [0.25, 0.3) is 0 Å². The molecule has 0 radical (unpaired) electrons. The van der Waals surface area contributed by atoms with Gasteiger partial charge in [0.2, 0.25) is 5.91 Å². The van der Waals surface area contributed by atoms with Gasteiger partial charge in [0.05, 0.1) is 22.2 Å². The Morgan fingerprint density at radius 1 is 1.26 bits per heavy atom. The van der Waals surface area contributed by atoms with Crippen molar-refractivity contribution in [3.05, 3.63) is 44.2 Å². The van der Waals surface area contributed by atoms with E-state index in [2.05, 4.69) is 28.1 Å². The lowest BCUT2D eigenvalue weighted by atomic mass is 9.86. The maximum absolute atomic E-state index is 12.7. The average Bonchev–Trinajstić information content (AvgIpc) is 3.11. The summed E-state index contributed by atoms with van der Waals surface area (Å²) in [5.74, 6) is 0.637. The fourth-order valence-corrected chi connectivity index (χ4v) is 6.05.